The monoisotopic (exact) mass is 349 g/mol. The first-order valence-corrected chi connectivity index (χ1v) is 8.76. The Morgan fingerprint density at radius 2 is 1.50 bits per heavy atom. The number of benzene rings is 2. The Kier molecular flexibility index (Phi) is 5.58. The lowest BCUT2D eigenvalue weighted by Crippen LogP contribution is -2.22. The molecular formula is C17H19NO5S. The summed E-state index contributed by atoms with van der Waals surface area (Å²) in [6.45, 7) is 2.44. The molecule has 2 rings (SSSR count). The van der Waals surface area contributed by atoms with Crippen LogP contribution in [0.1, 0.15) is 17.3 Å². The van der Waals surface area contributed by atoms with Gasteiger partial charge in [-0.2, -0.15) is 0 Å². The van der Waals surface area contributed by atoms with Gasteiger partial charge in [0.05, 0.1) is 17.1 Å². The van der Waals surface area contributed by atoms with Gasteiger partial charge in [-0.1, -0.05) is 0 Å². The van der Waals surface area contributed by atoms with Gasteiger partial charge in [-0.3, -0.25) is 0 Å². The summed E-state index contributed by atoms with van der Waals surface area (Å²) in [5.74, 6) is 0.511. The molecule has 0 atom stereocenters. The predicted octanol–water partition coefficient (Wildman–Crippen LogP) is 2.55. The van der Waals surface area contributed by atoms with E-state index in [-0.39, 0.29) is 10.5 Å². The minimum absolute atomic E-state index is 0.116. The molecule has 0 aliphatic rings. The van der Waals surface area contributed by atoms with Gasteiger partial charge in [0, 0.05) is 14.1 Å². The van der Waals surface area contributed by atoms with Gasteiger partial charge < -0.3 is 9.47 Å². The van der Waals surface area contributed by atoms with Crippen molar-refractivity contribution in [3.63, 3.8) is 0 Å². The number of hydrogen-bond acceptors (Lipinski definition) is 5. The maximum Gasteiger partial charge on any atom is 0.343 e. The van der Waals surface area contributed by atoms with Crippen LogP contribution in [0, 0.1) is 0 Å². The zero-order chi connectivity index (χ0) is 17.7. The van der Waals surface area contributed by atoms with Gasteiger partial charge in [0.25, 0.3) is 0 Å². The summed E-state index contributed by atoms with van der Waals surface area (Å²) in [5, 5.41) is 0. The van der Waals surface area contributed by atoms with E-state index in [1.807, 2.05) is 6.92 Å². The van der Waals surface area contributed by atoms with Crippen LogP contribution < -0.4 is 9.47 Å². The zero-order valence-electron chi connectivity index (χ0n) is 13.7. The fraction of sp³-hybridized carbons (Fsp3) is 0.235. The third-order valence-corrected chi connectivity index (χ3v) is 5.04. The number of carbonyl (C=O) groups is 1. The number of hydrogen-bond donors (Lipinski definition) is 0. The van der Waals surface area contributed by atoms with Gasteiger partial charge in [0.2, 0.25) is 10.0 Å². The highest BCUT2D eigenvalue weighted by Crippen LogP contribution is 2.19. The average Bonchev–Trinajstić information content (AvgIpc) is 2.57. The van der Waals surface area contributed by atoms with E-state index in [2.05, 4.69) is 0 Å². The number of rotatable bonds is 6. The highest BCUT2D eigenvalue weighted by atomic mass is 32.2. The van der Waals surface area contributed by atoms with Gasteiger partial charge >= 0.3 is 5.97 Å². The van der Waals surface area contributed by atoms with Crippen LogP contribution in [0.15, 0.2) is 53.4 Å². The maximum absolute atomic E-state index is 12.1. The van der Waals surface area contributed by atoms with Crippen LogP contribution in [0.3, 0.4) is 0 Å². The third-order valence-electron chi connectivity index (χ3n) is 3.21. The van der Waals surface area contributed by atoms with Gasteiger partial charge in [-0.25, -0.2) is 17.5 Å². The maximum atomic E-state index is 12.1. The lowest BCUT2D eigenvalue weighted by atomic mass is 10.2. The summed E-state index contributed by atoms with van der Waals surface area (Å²) in [5.41, 5.74) is 0.265. The van der Waals surface area contributed by atoms with Crippen molar-refractivity contribution in [3.05, 3.63) is 54.1 Å². The van der Waals surface area contributed by atoms with E-state index < -0.39 is 16.0 Å². The molecule has 128 valence electrons. The van der Waals surface area contributed by atoms with Crippen LogP contribution >= 0.6 is 0 Å². The second kappa shape index (κ2) is 7.46. The van der Waals surface area contributed by atoms with Crippen LogP contribution in [0.4, 0.5) is 0 Å². The molecule has 2 aromatic carbocycles. The van der Waals surface area contributed by atoms with E-state index in [9.17, 15) is 13.2 Å². The molecule has 0 saturated heterocycles. The largest absolute Gasteiger partial charge is 0.494 e. The van der Waals surface area contributed by atoms with Crippen LogP contribution in [-0.2, 0) is 10.0 Å². The molecule has 0 aliphatic heterocycles. The van der Waals surface area contributed by atoms with Crippen molar-refractivity contribution in [1.82, 2.24) is 4.31 Å². The Hall–Kier alpha value is -2.38. The standard InChI is InChI=1S/C17H19NO5S/c1-4-22-14-7-9-15(10-8-14)23-17(19)13-5-11-16(12-6-13)24(20,21)18(2)3/h5-12H,4H2,1-3H3. The average molecular weight is 349 g/mol. The summed E-state index contributed by atoms with van der Waals surface area (Å²) < 4.78 is 35.7. The molecule has 0 aliphatic carbocycles. The van der Waals surface area contributed by atoms with Crippen molar-refractivity contribution in [2.45, 2.75) is 11.8 Å². The summed E-state index contributed by atoms with van der Waals surface area (Å²) >= 11 is 0. The highest BCUT2D eigenvalue weighted by Gasteiger charge is 2.18. The topological polar surface area (TPSA) is 72.9 Å². The van der Waals surface area contributed by atoms with Gasteiger partial charge in [-0.15, -0.1) is 0 Å². The molecule has 0 N–H and O–H groups in total. The van der Waals surface area contributed by atoms with E-state index in [0.29, 0.717) is 18.1 Å². The number of ether oxygens (including phenoxy) is 2. The molecule has 6 nitrogen and oxygen atoms in total. The predicted molar refractivity (Wildman–Crippen MR) is 89.9 cm³/mol. The highest BCUT2D eigenvalue weighted by molar-refractivity contribution is 7.89. The van der Waals surface area contributed by atoms with E-state index in [1.54, 1.807) is 24.3 Å². The lowest BCUT2D eigenvalue weighted by molar-refractivity contribution is 0.0734. The lowest BCUT2D eigenvalue weighted by Gasteiger charge is -2.11. The molecule has 0 fully saturated rings. The first-order valence-electron chi connectivity index (χ1n) is 7.32. The minimum Gasteiger partial charge on any atom is -0.494 e. The molecule has 0 bridgehead atoms. The first kappa shape index (κ1) is 18.0. The van der Waals surface area contributed by atoms with Crippen LogP contribution in [0.2, 0.25) is 0 Å². The van der Waals surface area contributed by atoms with Crippen molar-refractivity contribution in [2.24, 2.45) is 0 Å². The molecular weight excluding hydrogens is 330 g/mol. The molecule has 2 aromatic rings. The Labute approximate surface area is 141 Å². The zero-order valence-corrected chi connectivity index (χ0v) is 14.5. The first-order chi connectivity index (χ1) is 11.3. The van der Waals surface area contributed by atoms with Crippen molar-refractivity contribution in [3.8, 4) is 11.5 Å². The van der Waals surface area contributed by atoms with Crippen molar-refractivity contribution < 1.29 is 22.7 Å². The number of carbonyl (C=O) groups excluding carboxylic acids is 1. The number of esters is 1. The van der Waals surface area contributed by atoms with Gasteiger partial charge in [0.15, 0.2) is 0 Å². The van der Waals surface area contributed by atoms with Crippen LogP contribution in [0.25, 0.3) is 0 Å². The molecule has 7 heteroatoms. The fourth-order valence-electron chi connectivity index (χ4n) is 1.91. The second-order valence-corrected chi connectivity index (χ2v) is 7.26. The van der Waals surface area contributed by atoms with Gasteiger partial charge in [-0.05, 0) is 55.5 Å². The molecule has 0 aromatic heterocycles. The van der Waals surface area contributed by atoms with E-state index in [1.165, 1.54) is 38.4 Å². The molecule has 0 amide bonds. The Balaban J connectivity index is 2.10. The number of sulfonamides is 1. The third kappa shape index (κ3) is 4.12. The smallest absolute Gasteiger partial charge is 0.343 e. The van der Waals surface area contributed by atoms with Crippen molar-refractivity contribution in [2.75, 3.05) is 20.7 Å². The van der Waals surface area contributed by atoms with E-state index >= 15 is 0 Å². The summed E-state index contributed by atoms with van der Waals surface area (Å²) in [7, 11) is -0.626. The molecule has 0 unspecified atom stereocenters. The molecule has 0 spiro atoms. The van der Waals surface area contributed by atoms with E-state index in [4.69, 9.17) is 9.47 Å². The molecule has 0 radical (unpaired) electrons. The minimum atomic E-state index is -3.52. The Bertz CT molecular complexity index is 796. The van der Waals surface area contributed by atoms with Gasteiger partial charge in [0.1, 0.15) is 11.5 Å². The Morgan fingerprint density at radius 1 is 0.958 bits per heavy atom. The summed E-state index contributed by atoms with van der Waals surface area (Å²) in [6, 6.07) is 12.3. The van der Waals surface area contributed by atoms with Crippen LogP contribution in [0.5, 0.6) is 11.5 Å². The van der Waals surface area contributed by atoms with Crippen molar-refractivity contribution >= 4 is 16.0 Å². The summed E-state index contributed by atoms with van der Waals surface area (Å²) in [4.78, 5) is 12.2. The van der Waals surface area contributed by atoms with E-state index in [0.717, 1.165) is 4.31 Å². The Morgan fingerprint density at radius 3 is 2.00 bits per heavy atom. The second-order valence-electron chi connectivity index (χ2n) is 5.11. The normalized spacial score (nSPS) is 11.3. The van der Waals surface area contributed by atoms with Crippen molar-refractivity contribution in [1.29, 1.82) is 0 Å². The molecule has 0 saturated carbocycles. The van der Waals surface area contributed by atoms with Crippen LogP contribution in [-0.4, -0.2) is 39.4 Å². The molecule has 0 heterocycles. The quantitative estimate of drug-likeness (QED) is 0.592. The number of nitrogens with zero attached hydrogens (tertiary/aromatic N) is 1. The summed E-state index contributed by atoms with van der Waals surface area (Å²) in [6.07, 6.45) is 0. The SMILES string of the molecule is CCOc1ccc(OC(=O)c2ccc(S(=O)(=O)N(C)C)cc2)cc1. The molecule has 24 heavy (non-hydrogen) atoms. The fourth-order valence-corrected chi connectivity index (χ4v) is 2.81.